The first-order valence-corrected chi connectivity index (χ1v) is 6.34. The topological polar surface area (TPSA) is 71.3 Å². The maximum Gasteiger partial charge on any atom is 0.166 e. The summed E-state index contributed by atoms with van der Waals surface area (Å²) < 4.78 is 31.2. The fourth-order valence-corrected chi connectivity index (χ4v) is 1.52. The average Bonchev–Trinajstić information content (AvgIpc) is 2.31. The first-order valence-electron chi connectivity index (χ1n) is 4.94. The van der Waals surface area contributed by atoms with Gasteiger partial charge in [-0.05, 0) is 19.1 Å². The zero-order chi connectivity index (χ0) is 12.7. The predicted octanol–water partition coefficient (Wildman–Crippen LogP) is 1.82. The lowest BCUT2D eigenvalue weighted by molar-refractivity contribution is -0.377. The quantitative estimate of drug-likeness (QED) is 0.751. The fraction of sp³-hybridized carbons (Fsp3) is 0.0833. The predicted molar refractivity (Wildman–Crippen MR) is 69.4 cm³/mol. The van der Waals surface area contributed by atoms with E-state index in [-0.39, 0.29) is 17.3 Å². The molecule has 0 aliphatic rings. The standard InChI is InChI=1S/C7H8O3S.C5H5N.ClH/c1-6-2-4-7(5-3-6)11(8,9)10;1-2-4-6-5-3-1;/h2-5H,1H3,(H,8,9,10);1-5H;1H. The number of hydrogen-bond acceptors (Lipinski definition) is 3. The van der Waals surface area contributed by atoms with E-state index in [9.17, 15) is 13.0 Å². The number of benzene rings is 1. The molecule has 0 amide bonds. The van der Waals surface area contributed by atoms with Crippen molar-refractivity contribution in [1.82, 2.24) is 0 Å². The van der Waals surface area contributed by atoms with Gasteiger partial charge in [0.1, 0.15) is 10.1 Å². The van der Waals surface area contributed by atoms with Crippen LogP contribution in [-0.4, -0.2) is 13.0 Å². The molecule has 4 nitrogen and oxygen atoms in total. The zero-order valence-corrected chi connectivity index (χ0v) is 11.4. The molecule has 0 spiro atoms. The van der Waals surface area contributed by atoms with Crippen LogP contribution in [0.1, 0.15) is 5.56 Å². The Hall–Kier alpha value is -1.43. The van der Waals surface area contributed by atoms with Gasteiger partial charge in [0.05, 0.1) is 4.90 Å². The van der Waals surface area contributed by atoms with Crippen LogP contribution in [-0.2, 0) is 10.1 Å². The molecule has 6 heteroatoms. The molecule has 1 aromatic carbocycles. The van der Waals surface area contributed by atoms with E-state index >= 15 is 0 Å². The molecule has 98 valence electrons. The van der Waals surface area contributed by atoms with Gasteiger partial charge in [0.2, 0.25) is 0 Å². The monoisotopic (exact) mass is 287 g/mol. The van der Waals surface area contributed by atoms with Crippen LogP contribution in [0.25, 0.3) is 0 Å². The van der Waals surface area contributed by atoms with Crippen molar-refractivity contribution in [2.75, 3.05) is 0 Å². The molecule has 0 aliphatic heterocycles. The van der Waals surface area contributed by atoms with Gasteiger partial charge in [-0.3, -0.25) is 0 Å². The molecule has 0 radical (unpaired) electrons. The maximum absolute atomic E-state index is 10.4. The molecular weight excluding hydrogens is 274 g/mol. The second kappa shape index (κ2) is 7.81. The van der Waals surface area contributed by atoms with Crippen LogP contribution in [0, 0.1) is 6.92 Å². The minimum Gasteiger partial charge on any atom is -0.744 e. The van der Waals surface area contributed by atoms with Crippen molar-refractivity contribution in [3.63, 3.8) is 0 Å². The molecule has 2 aromatic rings. The highest BCUT2D eigenvalue weighted by Gasteiger charge is 1.97. The van der Waals surface area contributed by atoms with E-state index in [1.807, 2.05) is 37.5 Å². The van der Waals surface area contributed by atoms with E-state index in [0.717, 1.165) is 5.56 Å². The average molecular weight is 288 g/mol. The largest absolute Gasteiger partial charge is 0.744 e. The number of nitrogens with one attached hydrogen (secondary N) is 1. The molecule has 0 saturated heterocycles. The molecule has 0 bridgehead atoms. The Labute approximate surface area is 113 Å². The van der Waals surface area contributed by atoms with E-state index in [2.05, 4.69) is 4.98 Å². The third kappa shape index (κ3) is 6.34. The van der Waals surface area contributed by atoms with Crippen LogP contribution in [0.15, 0.2) is 59.8 Å². The molecule has 1 heterocycles. The summed E-state index contributed by atoms with van der Waals surface area (Å²) in [6.45, 7) is 1.82. The van der Waals surface area contributed by atoms with Crippen LogP contribution in [0.5, 0.6) is 0 Å². The number of aryl methyl sites for hydroxylation is 1. The number of pyridine rings is 1. The number of aromatic amines is 1. The maximum atomic E-state index is 10.4. The Balaban J connectivity index is 0.000000352. The second-order valence-corrected chi connectivity index (χ2v) is 4.72. The number of halogens is 1. The van der Waals surface area contributed by atoms with Gasteiger partial charge >= 0.3 is 0 Å². The van der Waals surface area contributed by atoms with Gasteiger partial charge in [-0.15, -0.1) is 12.4 Å². The van der Waals surface area contributed by atoms with Crippen molar-refractivity contribution in [2.45, 2.75) is 11.8 Å². The molecule has 18 heavy (non-hydrogen) atoms. The van der Waals surface area contributed by atoms with E-state index in [1.54, 1.807) is 12.1 Å². The summed E-state index contributed by atoms with van der Waals surface area (Å²) in [5.41, 5.74) is 0.928. The Morgan fingerprint density at radius 2 is 1.50 bits per heavy atom. The summed E-state index contributed by atoms with van der Waals surface area (Å²) in [5.74, 6) is 0. The summed E-state index contributed by atoms with van der Waals surface area (Å²) in [5, 5.41) is 0. The second-order valence-electron chi connectivity index (χ2n) is 3.34. The number of rotatable bonds is 1. The van der Waals surface area contributed by atoms with Gasteiger partial charge in [-0.1, -0.05) is 23.8 Å². The van der Waals surface area contributed by atoms with Crippen molar-refractivity contribution in [2.24, 2.45) is 0 Å². The highest BCUT2D eigenvalue weighted by molar-refractivity contribution is 7.85. The van der Waals surface area contributed by atoms with E-state index in [4.69, 9.17) is 0 Å². The molecule has 0 unspecified atom stereocenters. The first-order chi connectivity index (χ1) is 8.00. The van der Waals surface area contributed by atoms with E-state index < -0.39 is 10.1 Å². The Morgan fingerprint density at radius 3 is 1.78 bits per heavy atom. The van der Waals surface area contributed by atoms with E-state index in [1.165, 1.54) is 12.1 Å². The molecule has 0 aliphatic carbocycles. The third-order valence-corrected chi connectivity index (χ3v) is 2.77. The fourth-order valence-electron chi connectivity index (χ4n) is 1.05. The molecule has 2 rings (SSSR count). The first kappa shape index (κ1) is 16.6. The van der Waals surface area contributed by atoms with Crippen molar-refractivity contribution in [1.29, 1.82) is 0 Å². The Morgan fingerprint density at radius 1 is 1.00 bits per heavy atom. The molecule has 1 N–H and O–H groups in total. The molecule has 0 atom stereocenters. The SMILES string of the molecule is Cc1ccc(S(=O)(=O)[O-])cc1.Cl.c1cc[nH+]cc1. The minimum absolute atomic E-state index is 0. The van der Waals surface area contributed by atoms with Crippen LogP contribution in [0.3, 0.4) is 0 Å². The normalized spacial score (nSPS) is 9.67. The van der Waals surface area contributed by atoms with Gasteiger partial charge in [0, 0.05) is 12.1 Å². The van der Waals surface area contributed by atoms with Crippen molar-refractivity contribution < 1.29 is 18.0 Å². The van der Waals surface area contributed by atoms with Gasteiger partial charge < -0.3 is 4.55 Å². The zero-order valence-electron chi connectivity index (χ0n) is 9.74. The van der Waals surface area contributed by atoms with Gasteiger partial charge in [0.15, 0.2) is 12.4 Å². The van der Waals surface area contributed by atoms with Gasteiger partial charge in [-0.2, -0.15) is 0 Å². The van der Waals surface area contributed by atoms with Crippen LogP contribution in [0.4, 0.5) is 0 Å². The molecule has 0 fully saturated rings. The van der Waals surface area contributed by atoms with Crippen molar-refractivity contribution in [3.05, 3.63) is 60.4 Å². The number of hydrogen-bond donors (Lipinski definition) is 0. The van der Waals surface area contributed by atoms with Crippen molar-refractivity contribution >= 4 is 22.5 Å². The van der Waals surface area contributed by atoms with Crippen LogP contribution >= 0.6 is 12.4 Å². The summed E-state index contributed by atoms with van der Waals surface area (Å²) in [4.78, 5) is 2.71. The lowest BCUT2D eigenvalue weighted by Gasteiger charge is -2.05. The minimum atomic E-state index is -4.27. The molecule has 0 saturated carbocycles. The summed E-state index contributed by atoms with van der Waals surface area (Å²) in [6.07, 6.45) is 3.75. The Kier molecular flexibility index (Phi) is 7.19. The van der Waals surface area contributed by atoms with Crippen LogP contribution in [0.2, 0.25) is 0 Å². The van der Waals surface area contributed by atoms with E-state index in [0.29, 0.717) is 0 Å². The summed E-state index contributed by atoms with van der Waals surface area (Å²) in [6, 6.07) is 11.6. The van der Waals surface area contributed by atoms with Gasteiger partial charge in [0.25, 0.3) is 0 Å². The van der Waals surface area contributed by atoms with Gasteiger partial charge in [-0.25, -0.2) is 13.4 Å². The van der Waals surface area contributed by atoms with Crippen LogP contribution < -0.4 is 4.98 Å². The number of aromatic nitrogens is 1. The highest BCUT2D eigenvalue weighted by Crippen LogP contribution is 2.08. The van der Waals surface area contributed by atoms with Crippen molar-refractivity contribution in [3.8, 4) is 0 Å². The Bertz CT molecular complexity index is 515. The smallest absolute Gasteiger partial charge is 0.166 e. The highest BCUT2D eigenvalue weighted by atomic mass is 35.5. The lowest BCUT2D eigenvalue weighted by atomic mass is 10.2. The molecular formula is C12H14ClNO3S. The third-order valence-electron chi connectivity index (χ3n) is 1.92. The summed E-state index contributed by atoms with van der Waals surface area (Å²) >= 11 is 0. The molecule has 1 aromatic heterocycles. The lowest BCUT2D eigenvalue weighted by Crippen LogP contribution is -1.97. The number of H-pyrrole nitrogens is 1. The summed E-state index contributed by atoms with van der Waals surface area (Å²) in [7, 11) is -4.27.